The predicted molar refractivity (Wildman–Crippen MR) is 56.4 cm³/mol. The van der Waals surface area contributed by atoms with Gasteiger partial charge >= 0.3 is 0 Å². The summed E-state index contributed by atoms with van der Waals surface area (Å²) in [4.78, 5) is 13.4. The number of piperidine rings is 1. The maximum Gasteiger partial charge on any atom is 0.242 e. The molecule has 14 heavy (non-hydrogen) atoms. The van der Waals surface area contributed by atoms with E-state index in [-0.39, 0.29) is 11.9 Å². The van der Waals surface area contributed by atoms with Crippen molar-refractivity contribution in [1.29, 1.82) is 5.41 Å². The number of carbonyl (C=O) groups is 1. The lowest BCUT2D eigenvalue weighted by atomic mass is 10.1. The van der Waals surface area contributed by atoms with Crippen molar-refractivity contribution in [2.45, 2.75) is 39.2 Å². The van der Waals surface area contributed by atoms with Crippen LogP contribution in [0.1, 0.15) is 33.1 Å². The van der Waals surface area contributed by atoms with Crippen molar-refractivity contribution in [1.82, 2.24) is 10.2 Å². The largest absolute Gasteiger partial charge is 0.355 e. The molecule has 1 amide bonds. The Morgan fingerprint density at radius 1 is 1.64 bits per heavy atom. The average molecular weight is 197 g/mol. The maximum atomic E-state index is 11.5. The molecule has 1 atom stereocenters. The van der Waals surface area contributed by atoms with Crippen molar-refractivity contribution < 1.29 is 4.79 Å². The number of likely N-dealkylation sites (tertiary alicyclic amines) is 1. The first-order valence-corrected chi connectivity index (χ1v) is 5.28. The number of carbonyl (C=O) groups excluding carboxylic acids is 1. The predicted octanol–water partition coefficient (Wildman–Crippen LogP) is 0.974. The molecule has 0 saturated carbocycles. The standard InChI is InChI=1S/C10H19N3O/c1-3-12-10(14)8(2)13-7-5-4-6-9(13)11/h8,11H,3-7H2,1-2H3,(H,12,14). The quantitative estimate of drug-likeness (QED) is 0.708. The first kappa shape index (κ1) is 11.0. The molecule has 0 aliphatic carbocycles. The second-order valence-electron chi connectivity index (χ2n) is 3.67. The minimum atomic E-state index is -0.192. The molecule has 80 valence electrons. The molecule has 0 bridgehead atoms. The molecule has 2 N–H and O–H groups in total. The average Bonchev–Trinajstić information content (AvgIpc) is 2.18. The molecule has 0 radical (unpaired) electrons. The Balaban J connectivity index is 2.53. The number of hydrogen-bond donors (Lipinski definition) is 2. The zero-order chi connectivity index (χ0) is 10.6. The summed E-state index contributed by atoms with van der Waals surface area (Å²) in [6, 6.07) is -0.192. The molecule has 1 aliphatic rings. The molecular weight excluding hydrogens is 178 g/mol. The van der Waals surface area contributed by atoms with Crippen molar-refractivity contribution >= 4 is 11.7 Å². The highest BCUT2D eigenvalue weighted by molar-refractivity contribution is 5.88. The lowest BCUT2D eigenvalue weighted by molar-refractivity contribution is -0.124. The molecule has 1 saturated heterocycles. The summed E-state index contributed by atoms with van der Waals surface area (Å²) in [5, 5.41) is 10.5. The smallest absolute Gasteiger partial charge is 0.242 e. The Morgan fingerprint density at radius 3 is 2.93 bits per heavy atom. The minimum Gasteiger partial charge on any atom is -0.355 e. The lowest BCUT2D eigenvalue weighted by Crippen LogP contribution is -2.49. The summed E-state index contributed by atoms with van der Waals surface area (Å²) in [7, 11) is 0. The number of hydrogen-bond acceptors (Lipinski definition) is 2. The Kier molecular flexibility index (Phi) is 3.92. The summed E-state index contributed by atoms with van der Waals surface area (Å²) in [5.41, 5.74) is 0. The van der Waals surface area contributed by atoms with Crippen molar-refractivity contribution in [2.24, 2.45) is 0 Å². The molecule has 0 aromatic heterocycles. The summed E-state index contributed by atoms with van der Waals surface area (Å²) in [6.07, 6.45) is 2.98. The van der Waals surface area contributed by atoms with Crippen LogP contribution in [0, 0.1) is 5.41 Å². The van der Waals surface area contributed by atoms with Crippen LogP contribution in [-0.2, 0) is 4.79 Å². The normalized spacial score (nSPS) is 19.3. The fraction of sp³-hybridized carbons (Fsp3) is 0.800. The molecule has 1 unspecified atom stereocenters. The van der Waals surface area contributed by atoms with E-state index in [1.807, 2.05) is 18.7 Å². The van der Waals surface area contributed by atoms with E-state index >= 15 is 0 Å². The van der Waals surface area contributed by atoms with Crippen LogP contribution in [0.3, 0.4) is 0 Å². The molecule has 1 rings (SSSR count). The number of rotatable bonds is 3. The van der Waals surface area contributed by atoms with Gasteiger partial charge in [-0.1, -0.05) is 0 Å². The van der Waals surface area contributed by atoms with Gasteiger partial charge in [0.25, 0.3) is 0 Å². The Morgan fingerprint density at radius 2 is 2.36 bits per heavy atom. The molecule has 0 aromatic rings. The molecule has 0 aromatic carbocycles. The highest BCUT2D eigenvalue weighted by Gasteiger charge is 2.24. The number of likely N-dealkylation sites (N-methyl/N-ethyl adjacent to an activating group) is 1. The van der Waals surface area contributed by atoms with Gasteiger partial charge in [-0.2, -0.15) is 0 Å². The van der Waals surface area contributed by atoms with Crippen molar-refractivity contribution in [3.63, 3.8) is 0 Å². The van der Waals surface area contributed by atoms with Crippen LogP contribution in [0.15, 0.2) is 0 Å². The van der Waals surface area contributed by atoms with Gasteiger partial charge in [0.1, 0.15) is 6.04 Å². The fourth-order valence-electron chi connectivity index (χ4n) is 1.74. The van der Waals surface area contributed by atoms with Crippen LogP contribution in [0.5, 0.6) is 0 Å². The summed E-state index contributed by atoms with van der Waals surface area (Å²) in [5.74, 6) is 0.633. The minimum absolute atomic E-state index is 0.0270. The van der Waals surface area contributed by atoms with E-state index in [1.165, 1.54) is 0 Å². The second-order valence-corrected chi connectivity index (χ2v) is 3.67. The molecule has 0 spiro atoms. The van der Waals surface area contributed by atoms with Crippen molar-refractivity contribution in [2.75, 3.05) is 13.1 Å². The van der Waals surface area contributed by atoms with Crippen LogP contribution in [0.4, 0.5) is 0 Å². The third-order valence-electron chi connectivity index (χ3n) is 2.61. The number of amidine groups is 1. The van der Waals surface area contributed by atoms with E-state index < -0.39 is 0 Å². The molecule has 1 heterocycles. The van der Waals surface area contributed by atoms with Crippen LogP contribution in [0.2, 0.25) is 0 Å². The summed E-state index contributed by atoms with van der Waals surface area (Å²) < 4.78 is 0. The molecule has 4 heteroatoms. The van der Waals surface area contributed by atoms with E-state index in [2.05, 4.69) is 5.32 Å². The summed E-state index contributed by atoms with van der Waals surface area (Å²) in [6.45, 7) is 5.28. The molecule has 1 aliphatic heterocycles. The van der Waals surface area contributed by atoms with Crippen molar-refractivity contribution in [3.05, 3.63) is 0 Å². The van der Waals surface area contributed by atoms with Gasteiger partial charge < -0.3 is 10.2 Å². The van der Waals surface area contributed by atoms with E-state index in [9.17, 15) is 4.79 Å². The van der Waals surface area contributed by atoms with Crippen LogP contribution in [0.25, 0.3) is 0 Å². The van der Waals surface area contributed by atoms with Gasteiger partial charge in [-0.15, -0.1) is 0 Å². The molecular formula is C10H19N3O. The number of nitrogens with zero attached hydrogens (tertiary/aromatic N) is 1. The third kappa shape index (κ3) is 2.47. The van der Waals surface area contributed by atoms with Crippen molar-refractivity contribution in [3.8, 4) is 0 Å². The Bertz CT molecular complexity index is 227. The zero-order valence-corrected chi connectivity index (χ0v) is 8.97. The number of nitrogens with one attached hydrogen (secondary N) is 2. The Labute approximate surface area is 85.2 Å². The van der Waals surface area contributed by atoms with Crippen LogP contribution < -0.4 is 5.32 Å². The number of amides is 1. The van der Waals surface area contributed by atoms with E-state index in [4.69, 9.17) is 5.41 Å². The van der Waals surface area contributed by atoms with E-state index in [1.54, 1.807) is 0 Å². The first-order valence-electron chi connectivity index (χ1n) is 5.28. The molecule has 4 nitrogen and oxygen atoms in total. The summed E-state index contributed by atoms with van der Waals surface area (Å²) >= 11 is 0. The van der Waals surface area contributed by atoms with Crippen LogP contribution >= 0.6 is 0 Å². The monoisotopic (exact) mass is 197 g/mol. The van der Waals surface area contributed by atoms with E-state index in [0.29, 0.717) is 12.4 Å². The van der Waals surface area contributed by atoms with Gasteiger partial charge in [-0.3, -0.25) is 10.2 Å². The van der Waals surface area contributed by atoms with Gasteiger partial charge in [0.05, 0.1) is 5.84 Å². The van der Waals surface area contributed by atoms with Gasteiger partial charge in [0, 0.05) is 19.5 Å². The SMILES string of the molecule is CCNC(=O)C(C)N1CCCCC1=N. The van der Waals surface area contributed by atoms with Gasteiger partial charge in [0.2, 0.25) is 5.91 Å². The topological polar surface area (TPSA) is 56.2 Å². The third-order valence-corrected chi connectivity index (χ3v) is 2.61. The fourth-order valence-corrected chi connectivity index (χ4v) is 1.74. The molecule has 1 fully saturated rings. The van der Waals surface area contributed by atoms with Crippen LogP contribution in [-0.4, -0.2) is 35.8 Å². The van der Waals surface area contributed by atoms with Gasteiger partial charge in [-0.05, 0) is 26.7 Å². The Hall–Kier alpha value is -1.06. The van der Waals surface area contributed by atoms with Gasteiger partial charge in [-0.25, -0.2) is 0 Å². The highest BCUT2D eigenvalue weighted by atomic mass is 16.2. The lowest BCUT2D eigenvalue weighted by Gasteiger charge is -2.33. The van der Waals surface area contributed by atoms with E-state index in [0.717, 1.165) is 25.8 Å². The zero-order valence-electron chi connectivity index (χ0n) is 8.97. The first-order chi connectivity index (χ1) is 6.66. The highest BCUT2D eigenvalue weighted by Crippen LogP contribution is 2.13. The second kappa shape index (κ2) is 4.98. The van der Waals surface area contributed by atoms with Gasteiger partial charge in [0.15, 0.2) is 0 Å². The maximum absolute atomic E-state index is 11.5.